The van der Waals surface area contributed by atoms with Crippen molar-refractivity contribution in [3.63, 3.8) is 0 Å². The SMILES string of the molecule is CCCc1cc(O)c2c(c1)O[C@H]1[C@@H]2[C@H](C(C)=O)CC[C@]1(C)O. The Balaban J connectivity index is 2.08. The van der Waals surface area contributed by atoms with E-state index in [0.717, 1.165) is 18.4 Å². The number of ketones is 1. The molecule has 1 aromatic carbocycles. The molecule has 0 radical (unpaired) electrons. The predicted molar refractivity (Wildman–Crippen MR) is 83.3 cm³/mol. The number of fused-ring (bicyclic) bond motifs is 3. The number of rotatable bonds is 3. The molecule has 0 saturated heterocycles. The van der Waals surface area contributed by atoms with Crippen molar-refractivity contribution in [2.24, 2.45) is 5.92 Å². The second-order valence-corrected chi connectivity index (χ2v) is 6.95. The number of phenols is 1. The van der Waals surface area contributed by atoms with Crippen molar-refractivity contribution < 1.29 is 19.7 Å². The van der Waals surface area contributed by atoms with E-state index in [9.17, 15) is 15.0 Å². The van der Waals surface area contributed by atoms with Gasteiger partial charge in [-0.25, -0.2) is 0 Å². The number of carbonyl (C=O) groups excluding carboxylic acids is 1. The van der Waals surface area contributed by atoms with Crippen molar-refractivity contribution >= 4 is 5.78 Å². The van der Waals surface area contributed by atoms with Crippen LogP contribution >= 0.6 is 0 Å². The standard InChI is InChI=1S/C18H24O4/c1-4-5-11-8-13(20)16-14(9-11)22-17-15(16)12(10(2)19)6-7-18(17,3)21/h8-9,12,15,17,20-21H,4-7H2,1-3H3/t12-,15+,17-,18-/m0/s1. The van der Waals surface area contributed by atoms with Gasteiger partial charge in [-0.2, -0.15) is 0 Å². The first-order valence-corrected chi connectivity index (χ1v) is 8.10. The molecule has 2 aliphatic rings. The Morgan fingerprint density at radius 1 is 1.45 bits per heavy atom. The Hall–Kier alpha value is -1.55. The Bertz CT molecular complexity index is 605. The van der Waals surface area contributed by atoms with Crippen LogP contribution in [0.1, 0.15) is 57.1 Å². The molecular formula is C18H24O4. The molecule has 1 aromatic rings. The lowest BCUT2D eigenvalue weighted by Crippen LogP contribution is -2.51. The zero-order chi connectivity index (χ0) is 16.1. The number of hydrogen-bond acceptors (Lipinski definition) is 4. The largest absolute Gasteiger partial charge is 0.508 e. The summed E-state index contributed by atoms with van der Waals surface area (Å²) in [6.45, 7) is 5.43. The summed E-state index contributed by atoms with van der Waals surface area (Å²) in [5, 5.41) is 21.1. The maximum atomic E-state index is 12.0. The molecule has 1 saturated carbocycles. The minimum Gasteiger partial charge on any atom is -0.508 e. The summed E-state index contributed by atoms with van der Waals surface area (Å²) in [6, 6.07) is 3.72. The topological polar surface area (TPSA) is 66.8 Å². The lowest BCUT2D eigenvalue weighted by Gasteiger charge is -2.41. The van der Waals surface area contributed by atoms with Gasteiger partial charge in [0.15, 0.2) is 0 Å². The van der Waals surface area contributed by atoms with Crippen LogP contribution in [0.3, 0.4) is 0 Å². The summed E-state index contributed by atoms with van der Waals surface area (Å²) in [4.78, 5) is 12.0. The summed E-state index contributed by atoms with van der Waals surface area (Å²) in [5.74, 6) is 0.463. The highest BCUT2D eigenvalue weighted by atomic mass is 16.5. The molecule has 120 valence electrons. The minimum absolute atomic E-state index is 0.0963. The van der Waals surface area contributed by atoms with E-state index in [1.54, 1.807) is 19.9 Å². The van der Waals surface area contributed by atoms with Crippen molar-refractivity contribution in [2.45, 2.75) is 64.1 Å². The predicted octanol–water partition coefficient (Wildman–Crippen LogP) is 2.94. The van der Waals surface area contributed by atoms with E-state index in [1.165, 1.54) is 0 Å². The van der Waals surface area contributed by atoms with Crippen molar-refractivity contribution in [1.82, 2.24) is 0 Å². The number of aliphatic hydroxyl groups is 1. The lowest BCUT2D eigenvalue weighted by molar-refractivity contribution is -0.130. The van der Waals surface area contributed by atoms with Crippen LogP contribution in [0.5, 0.6) is 11.5 Å². The summed E-state index contributed by atoms with van der Waals surface area (Å²) < 4.78 is 6.01. The third-order valence-electron chi connectivity index (χ3n) is 5.16. The van der Waals surface area contributed by atoms with Crippen LogP contribution in [0.2, 0.25) is 0 Å². The molecule has 0 spiro atoms. The van der Waals surface area contributed by atoms with Gasteiger partial charge in [0.1, 0.15) is 23.4 Å². The molecule has 4 heteroatoms. The van der Waals surface area contributed by atoms with Gasteiger partial charge in [-0.1, -0.05) is 13.3 Å². The van der Waals surface area contributed by atoms with Gasteiger partial charge in [-0.05, 0) is 50.8 Å². The summed E-state index contributed by atoms with van der Waals surface area (Å²) >= 11 is 0. The highest BCUT2D eigenvalue weighted by Gasteiger charge is 2.54. The molecule has 0 amide bonds. The third kappa shape index (κ3) is 2.30. The highest BCUT2D eigenvalue weighted by molar-refractivity contribution is 5.80. The van der Waals surface area contributed by atoms with Gasteiger partial charge in [-0.3, -0.25) is 4.79 Å². The third-order valence-corrected chi connectivity index (χ3v) is 5.16. The molecule has 22 heavy (non-hydrogen) atoms. The van der Waals surface area contributed by atoms with Gasteiger partial charge < -0.3 is 14.9 Å². The molecule has 4 atom stereocenters. The average Bonchev–Trinajstić information content (AvgIpc) is 2.80. The summed E-state index contributed by atoms with van der Waals surface area (Å²) in [7, 11) is 0. The van der Waals surface area contributed by atoms with Gasteiger partial charge in [0.05, 0.1) is 5.60 Å². The van der Waals surface area contributed by atoms with E-state index >= 15 is 0 Å². The van der Waals surface area contributed by atoms with Gasteiger partial charge in [0, 0.05) is 17.4 Å². The lowest BCUT2D eigenvalue weighted by atomic mass is 9.67. The molecular weight excluding hydrogens is 280 g/mol. The second-order valence-electron chi connectivity index (χ2n) is 6.95. The van der Waals surface area contributed by atoms with Gasteiger partial charge >= 0.3 is 0 Å². The maximum absolute atomic E-state index is 12.0. The zero-order valence-corrected chi connectivity index (χ0v) is 13.4. The van der Waals surface area contributed by atoms with E-state index < -0.39 is 11.7 Å². The number of aromatic hydroxyl groups is 1. The number of aryl methyl sites for hydroxylation is 1. The highest BCUT2D eigenvalue weighted by Crippen LogP contribution is 2.54. The Labute approximate surface area is 131 Å². The van der Waals surface area contributed by atoms with E-state index in [4.69, 9.17) is 4.74 Å². The molecule has 1 aliphatic heterocycles. The van der Waals surface area contributed by atoms with Crippen LogP contribution in [0.25, 0.3) is 0 Å². The smallest absolute Gasteiger partial charge is 0.135 e. The Morgan fingerprint density at radius 2 is 2.18 bits per heavy atom. The van der Waals surface area contributed by atoms with Crippen LogP contribution in [0.4, 0.5) is 0 Å². The van der Waals surface area contributed by atoms with E-state index in [0.29, 0.717) is 24.2 Å². The number of benzene rings is 1. The first kappa shape index (κ1) is 15.3. The molecule has 2 N–H and O–H groups in total. The van der Waals surface area contributed by atoms with Crippen molar-refractivity contribution in [3.05, 3.63) is 23.3 Å². The molecule has 0 bridgehead atoms. The molecule has 3 rings (SSSR count). The van der Waals surface area contributed by atoms with Crippen LogP contribution in [-0.2, 0) is 11.2 Å². The van der Waals surface area contributed by atoms with Gasteiger partial charge in [0.25, 0.3) is 0 Å². The Kier molecular flexibility index (Phi) is 3.68. The first-order valence-electron chi connectivity index (χ1n) is 8.10. The molecule has 0 unspecified atom stereocenters. The summed E-state index contributed by atoms with van der Waals surface area (Å²) in [6.07, 6.45) is 2.55. The van der Waals surface area contributed by atoms with Crippen LogP contribution in [0.15, 0.2) is 12.1 Å². The van der Waals surface area contributed by atoms with Crippen LogP contribution in [0, 0.1) is 5.92 Å². The fraction of sp³-hybridized carbons (Fsp3) is 0.611. The minimum atomic E-state index is -0.979. The van der Waals surface area contributed by atoms with E-state index in [1.807, 2.05) is 6.07 Å². The number of carbonyl (C=O) groups is 1. The molecule has 1 heterocycles. The molecule has 1 aliphatic carbocycles. The zero-order valence-electron chi connectivity index (χ0n) is 13.4. The normalized spacial score (nSPS) is 33.0. The van der Waals surface area contributed by atoms with Crippen LogP contribution in [-0.4, -0.2) is 27.7 Å². The number of hydrogen-bond donors (Lipinski definition) is 2. The van der Waals surface area contributed by atoms with Gasteiger partial charge in [-0.15, -0.1) is 0 Å². The quantitative estimate of drug-likeness (QED) is 0.901. The number of Topliss-reactive ketones (excluding diaryl/α,β-unsaturated/α-hetero) is 1. The monoisotopic (exact) mass is 304 g/mol. The van der Waals surface area contributed by atoms with Crippen molar-refractivity contribution in [2.75, 3.05) is 0 Å². The van der Waals surface area contributed by atoms with Crippen molar-refractivity contribution in [3.8, 4) is 11.5 Å². The van der Waals surface area contributed by atoms with Gasteiger partial charge in [0.2, 0.25) is 0 Å². The molecule has 0 aromatic heterocycles. The Morgan fingerprint density at radius 3 is 2.82 bits per heavy atom. The first-order chi connectivity index (χ1) is 10.3. The fourth-order valence-electron chi connectivity index (χ4n) is 4.05. The van der Waals surface area contributed by atoms with E-state index in [2.05, 4.69) is 6.92 Å². The average molecular weight is 304 g/mol. The van der Waals surface area contributed by atoms with Crippen molar-refractivity contribution in [1.29, 1.82) is 0 Å². The fourth-order valence-corrected chi connectivity index (χ4v) is 4.05. The molecule has 4 nitrogen and oxygen atoms in total. The maximum Gasteiger partial charge on any atom is 0.135 e. The van der Waals surface area contributed by atoms with E-state index in [-0.39, 0.29) is 23.4 Å². The number of ether oxygens (including phenoxy) is 1. The summed E-state index contributed by atoms with van der Waals surface area (Å²) in [5.41, 5.74) is 0.744. The van der Waals surface area contributed by atoms with Crippen LogP contribution < -0.4 is 4.74 Å². The molecule has 1 fully saturated rings. The second kappa shape index (κ2) is 5.27. The number of phenolic OH excluding ortho intramolecular Hbond substituents is 1.